The monoisotopic (exact) mass is 378 g/mol. The number of hydrogen-bond acceptors (Lipinski definition) is 1. The van der Waals surface area contributed by atoms with Crippen molar-refractivity contribution in [2.75, 3.05) is 0 Å². The van der Waals surface area contributed by atoms with Crippen LogP contribution in [-0.4, -0.2) is 0 Å². The van der Waals surface area contributed by atoms with E-state index in [1.807, 2.05) is 11.3 Å². The number of fused-ring (bicyclic) bond motifs is 11. The molecule has 1 spiro atoms. The molecule has 0 radical (unpaired) electrons. The van der Waals surface area contributed by atoms with Crippen molar-refractivity contribution in [2.24, 2.45) is 23.7 Å². The van der Waals surface area contributed by atoms with Crippen LogP contribution >= 0.6 is 11.3 Å². The Bertz CT molecular complexity index is 1310. The molecular formula is C27H22S. The van der Waals surface area contributed by atoms with Crippen molar-refractivity contribution in [1.29, 1.82) is 0 Å². The summed E-state index contributed by atoms with van der Waals surface area (Å²) in [6.45, 7) is 0. The van der Waals surface area contributed by atoms with E-state index in [9.17, 15) is 0 Å². The summed E-state index contributed by atoms with van der Waals surface area (Å²) in [5.41, 5.74) is 6.74. The minimum absolute atomic E-state index is 0.306. The quantitative estimate of drug-likeness (QED) is 0.299. The molecule has 3 unspecified atom stereocenters. The maximum atomic E-state index is 2.64. The fraction of sp³-hybridized carbons (Fsp3) is 0.333. The van der Waals surface area contributed by atoms with Crippen LogP contribution in [0.5, 0.6) is 0 Å². The van der Waals surface area contributed by atoms with Crippen molar-refractivity contribution in [3.8, 4) is 11.1 Å². The van der Waals surface area contributed by atoms with Crippen molar-refractivity contribution in [1.82, 2.24) is 0 Å². The van der Waals surface area contributed by atoms with E-state index >= 15 is 0 Å². The maximum absolute atomic E-state index is 2.64. The van der Waals surface area contributed by atoms with Crippen molar-refractivity contribution < 1.29 is 0 Å². The molecule has 1 heterocycles. The predicted molar refractivity (Wildman–Crippen MR) is 118 cm³/mol. The second kappa shape index (κ2) is 4.71. The molecule has 1 aromatic heterocycles. The summed E-state index contributed by atoms with van der Waals surface area (Å²) >= 11 is 1.96. The van der Waals surface area contributed by atoms with Crippen LogP contribution in [0.1, 0.15) is 36.8 Å². The molecular weight excluding hydrogens is 356 g/mol. The fourth-order valence-corrected chi connectivity index (χ4v) is 9.36. The Morgan fingerprint density at radius 2 is 1.64 bits per heavy atom. The van der Waals surface area contributed by atoms with E-state index in [2.05, 4.69) is 60.7 Å². The maximum Gasteiger partial charge on any atom is 0.0361 e. The van der Waals surface area contributed by atoms with Gasteiger partial charge in [0.1, 0.15) is 0 Å². The van der Waals surface area contributed by atoms with Crippen molar-refractivity contribution in [2.45, 2.75) is 31.1 Å². The third-order valence-electron chi connectivity index (χ3n) is 8.97. The lowest BCUT2D eigenvalue weighted by molar-refractivity contribution is 0.222. The topological polar surface area (TPSA) is 0 Å². The Morgan fingerprint density at radius 3 is 2.64 bits per heavy atom. The van der Waals surface area contributed by atoms with E-state index in [0.717, 1.165) is 23.7 Å². The SMILES string of the molecule is c1ccc2c(c1)-c1cc3sc4ccccc4c3cc1C21[C@H]2CC3CC[C@@H]1C3C2. The van der Waals surface area contributed by atoms with Gasteiger partial charge in [-0.25, -0.2) is 0 Å². The molecule has 0 N–H and O–H groups in total. The minimum Gasteiger partial charge on any atom is -0.135 e. The summed E-state index contributed by atoms with van der Waals surface area (Å²) in [5, 5.41) is 2.94. The van der Waals surface area contributed by atoms with Gasteiger partial charge in [0.2, 0.25) is 0 Å². The van der Waals surface area contributed by atoms with Crippen LogP contribution in [0.3, 0.4) is 0 Å². The normalized spacial score (nSPS) is 34.0. The van der Waals surface area contributed by atoms with Crippen LogP contribution in [0.15, 0.2) is 60.7 Å². The lowest BCUT2D eigenvalue weighted by atomic mass is 9.61. The van der Waals surface area contributed by atoms with Crippen LogP contribution < -0.4 is 0 Å². The molecule has 8 rings (SSSR count). The molecule has 4 aliphatic rings. The van der Waals surface area contributed by atoms with E-state index in [0.29, 0.717) is 5.41 Å². The van der Waals surface area contributed by atoms with Crippen LogP contribution in [0.25, 0.3) is 31.3 Å². The zero-order chi connectivity index (χ0) is 18.0. The van der Waals surface area contributed by atoms with Gasteiger partial charge in [-0.3, -0.25) is 0 Å². The average Bonchev–Trinajstić information content (AvgIpc) is 3.48. The van der Waals surface area contributed by atoms with E-state index in [4.69, 9.17) is 0 Å². The molecule has 136 valence electrons. The summed E-state index contributed by atoms with van der Waals surface area (Å²) in [7, 11) is 0. The van der Waals surface area contributed by atoms with Gasteiger partial charge in [-0.15, -0.1) is 11.3 Å². The first-order chi connectivity index (χ1) is 13.9. The predicted octanol–water partition coefficient (Wildman–Crippen LogP) is 7.39. The molecule has 3 fully saturated rings. The van der Waals surface area contributed by atoms with Gasteiger partial charge in [-0.2, -0.15) is 0 Å². The van der Waals surface area contributed by atoms with E-state index in [-0.39, 0.29) is 0 Å². The lowest BCUT2D eigenvalue weighted by Gasteiger charge is -2.41. The lowest BCUT2D eigenvalue weighted by Crippen LogP contribution is -2.39. The molecule has 28 heavy (non-hydrogen) atoms. The summed E-state index contributed by atoms with van der Waals surface area (Å²) in [5.74, 6) is 3.75. The van der Waals surface area contributed by atoms with Gasteiger partial charge in [0.05, 0.1) is 0 Å². The second-order valence-corrected chi connectivity index (χ2v) is 10.8. The molecule has 2 bridgehead atoms. The summed E-state index contributed by atoms with van der Waals surface area (Å²) in [6, 6.07) is 23.6. The third kappa shape index (κ3) is 1.45. The molecule has 4 aliphatic carbocycles. The highest BCUT2D eigenvalue weighted by Gasteiger charge is 2.67. The first-order valence-electron chi connectivity index (χ1n) is 10.9. The van der Waals surface area contributed by atoms with Crippen LogP contribution in [-0.2, 0) is 5.41 Å². The number of rotatable bonds is 0. The van der Waals surface area contributed by atoms with Crippen LogP contribution in [0.4, 0.5) is 0 Å². The molecule has 0 saturated heterocycles. The Labute approximate surface area is 169 Å². The zero-order valence-corrected chi connectivity index (χ0v) is 16.6. The molecule has 1 heteroatoms. The highest BCUT2D eigenvalue weighted by Crippen LogP contribution is 2.74. The zero-order valence-electron chi connectivity index (χ0n) is 15.8. The van der Waals surface area contributed by atoms with Gasteiger partial charge in [0, 0.05) is 25.6 Å². The Balaban J connectivity index is 1.53. The van der Waals surface area contributed by atoms with Crippen molar-refractivity contribution in [3.05, 3.63) is 71.8 Å². The highest BCUT2D eigenvalue weighted by molar-refractivity contribution is 7.25. The van der Waals surface area contributed by atoms with E-state index in [1.165, 1.54) is 51.4 Å². The highest BCUT2D eigenvalue weighted by atomic mass is 32.1. The van der Waals surface area contributed by atoms with Gasteiger partial charge in [0.25, 0.3) is 0 Å². The smallest absolute Gasteiger partial charge is 0.0361 e. The molecule has 0 aliphatic heterocycles. The molecule has 3 aromatic carbocycles. The van der Waals surface area contributed by atoms with Crippen LogP contribution in [0, 0.1) is 23.7 Å². The Morgan fingerprint density at radius 1 is 0.750 bits per heavy atom. The van der Waals surface area contributed by atoms with Gasteiger partial charge in [-0.1, -0.05) is 42.5 Å². The van der Waals surface area contributed by atoms with Gasteiger partial charge in [0.15, 0.2) is 0 Å². The fourth-order valence-electron chi connectivity index (χ4n) is 8.23. The molecule has 5 atom stereocenters. The first kappa shape index (κ1) is 14.8. The number of hydrogen-bond donors (Lipinski definition) is 0. The van der Waals surface area contributed by atoms with E-state index < -0.39 is 0 Å². The molecule has 0 amide bonds. The van der Waals surface area contributed by atoms with Crippen molar-refractivity contribution in [3.63, 3.8) is 0 Å². The molecule has 3 saturated carbocycles. The summed E-state index contributed by atoms with van der Waals surface area (Å²) in [4.78, 5) is 0. The van der Waals surface area contributed by atoms with Crippen molar-refractivity contribution >= 4 is 31.5 Å². The number of thiophene rings is 1. The third-order valence-corrected chi connectivity index (χ3v) is 10.1. The minimum atomic E-state index is 0.306. The summed E-state index contributed by atoms with van der Waals surface area (Å²) in [6.07, 6.45) is 5.87. The van der Waals surface area contributed by atoms with Gasteiger partial charge in [-0.05, 0) is 89.8 Å². The largest absolute Gasteiger partial charge is 0.135 e. The standard InChI is InChI=1S/C27H22S/c1-3-7-22-17(5-1)20-14-26-21(18-6-2-4-8-25(18)28-26)13-24(20)27(22)16-11-15-9-10-23(27)19(15)12-16/h1-8,13-16,19,23H,9-12H2/t15?,16-,19?,23+,27?/m0/s1. The Hall–Kier alpha value is -2.12. The second-order valence-electron chi connectivity index (χ2n) is 9.68. The average molecular weight is 379 g/mol. The van der Waals surface area contributed by atoms with Gasteiger partial charge < -0.3 is 0 Å². The van der Waals surface area contributed by atoms with E-state index in [1.54, 1.807) is 16.7 Å². The Kier molecular flexibility index (Phi) is 2.49. The first-order valence-corrected chi connectivity index (χ1v) is 11.7. The van der Waals surface area contributed by atoms with Crippen LogP contribution in [0.2, 0.25) is 0 Å². The molecule has 0 nitrogen and oxygen atoms in total. The number of benzene rings is 3. The van der Waals surface area contributed by atoms with Gasteiger partial charge >= 0.3 is 0 Å². The molecule has 4 aromatic rings. The summed E-state index contributed by atoms with van der Waals surface area (Å²) < 4.78 is 2.89.